The van der Waals surface area contributed by atoms with Crippen molar-refractivity contribution in [3.63, 3.8) is 0 Å². The lowest BCUT2D eigenvalue weighted by Crippen LogP contribution is -2.35. The second-order valence-electron chi connectivity index (χ2n) is 3.42. The Morgan fingerprint density at radius 1 is 1.64 bits per heavy atom. The average Bonchev–Trinajstić information content (AvgIpc) is 2.45. The minimum atomic E-state index is -0.259. The topological polar surface area (TPSA) is 54.5 Å². The van der Waals surface area contributed by atoms with Crippen molar-refractivity contribution in [3.8, 4) is 0 Å². The molecule has 0 aromatic carbocycles. The summed E-state index contributed by atoms with van der Waals surface area (Å²) in [5.74, 6) is -0.962. The van der Waals surface area contributed by atoms with Gasteiger partial charge in [-0.15, -0.1) is 0 Å². The lowest BCUT2D eigenvalue weighted by atomic mass is 10.1. The van der Waals surface area contributed by atoms with Crippen molar-refractivity contribution in [2.75, 3.05) is 6.54 Å². The van der Waals surface area contributed by atoms with Gasteiger partial charge in [0, 0.05) is 20.1 Å². The maximum absolute atomic E-state index is 11.6. The van der Waals surface area contributed by atoms with Crippen LogP contribution in [0.5, 0.6) is 0 Å². The Morgan fingerprint density at radius 3 is 2.86 bits per heavy atom. The minimum absolute atomic E-state index is 0.00621. The first-order chi connectivity index (χ1) is 7.10. The molecule has 0 aliphatic carbocycles. The van der Waals surface area contributed by atoms with E-state index in [0.29, 0.717) is 6.42 Å². The van der Waals surface area contributed by atoms with Gasteiger partial charge in [0.1, 0.15) is 0 Å². The highest BCUT2D eigenvalue weighted by atomic mass is 16.2. The summed E-state index contributed by atoms with van der Waals surface area (Å²) in [4.78, 5) is 35.2. The molecule has 1 aliphatic heterocycles. The highest BCUT2D eigenvalue weighted by Gasteiger charge is 2.37. The van der Waals surface area contributed by atoms with Gasteiger partial charge in [0.25, 0.3) is 0 Å². The summed E-state index contributed by atoms with van der Waals surface area (Å²) in [5, 5.41) is 0. The number of nitrogens with zero attached hydrogens (tertiary/aromatic N) is 1. The predicted molar refractivity (Wildman–Crippen MR) is 50.4 cm³/mol. The lowest BCUT2D eigenvalue weighted by molar-refractivity contribution is -0.142. The van der Waals surface area contributed by atoms with Gasteiger partial charge in [-0.05, 0) is 6.42 Å². The molecule has 4 nitrogen and oxygen atoms in total. The minimum Gasteiger partial charge on any atom is -0.298 e. The Morgan fingerprint density at radius 2 is 2.36 bits per heavy atom. The summed E-state index contributed by atoms with van der Waals surface area (Å²) < 4.78 is 6.87. The fraction of sp³-hybridized carbons (Fsp3) is 0.700. The van der Waals surface area contributed by atoms with Gasteiger partial charge in [-0.1, -0.05) is 13.8 Å². The van der Waals surface area contributed by atoms with E-state index in [9.17, 15) is 14.4 Å². The summed E-state index contributed by atoms with van der Waals surface area (Å²) in [6.45, 7) is 1.71. The molecule has 0 aromatic heterocycles. The predicted octanol–water partition coefficient (Wildman–Crippen LogP) is 0.751. The van der Waals surface area contributed by atoms with Crippen LogP contribution in [-0.2, 0) is 14.4 Å². The molecule has 1 unspecified atom stereocenters. The number of likely N-dealkylation sites (tertiary alicyclic amines) is 1. The largest absolute Gasteiger partial charge is 0.298 e. The Labute approximate surface area is 84.7 Å². The van der Waals surface area contributed by atoms with Crippen molar-refractivity contribution in [2.24, 2.45) is 5.92 Å². The SMILES string of the molecule is [2H]CCC(=O)CN1C(=O)CC(CC)C1=O. The first-order valence-corrected chi connectivity index (χ1v) is 4.75. The zero-order chi connectivity index (χ0) is 11.4. The van der Waals surface area contributed by atoms with Gasteiger partial charge < -0.3 is 0 Å². The third-order valence-electron chi connectivity index (χ3n) is 2.44. The van der Waals surface area contributed by atoms with E-state index in [-0.39, 0.29) is 49.8 Å². The average molecular weight is 198 g/mol. The molecule has 14 heavy (non-hydrogen) atoms. The van der Waals surface area contributed by atoms with Crippen LogP contribution in [-0.4, -0.2) is 29.0 Å². The van der Waals surface area contributed by atoms with Crippen LogP contribution in [0.4, 0.5) is 0 Å². The van der Waals surface area contributed by atoms with Crippen molar-refractivity contribution >= 4 is 17.6 Å². The zero-order valence-corrected chi connectivity index (χ0v) is 8.28. The number of carbonyl (C=O) groups is 3. The maximum atomic E-state index is 11.6. The van der Waals surface area contributed by atoms with Crippen LogP contribution in [0, 0.1) is 5.92 Å². The monoisotopic (exact) mass is 198 g/mol. The van der Waals surface area contributed by atoms with Crippen molar-refractivity contribution in [1.82, 2.24) is 4.90 Å². The van der Waals surface area contributed by atoms with E-state index in [4.69, 9.17) is 1.37 Å². The van der Waals surface area contributed by atoms with Crippen molar-refractivity contribution < 1.29 is 15.8 Å². The molecule has 0 aromatic rings. The number of rotatable bonds is 4. The number of Topliss-reactive ketones (excluding diaryl/α,β-unsaturated/α-hetero) is 1. The number of hydrogen-bond acceptors (Lipinski definition) is 3. The fourth-order valence-corrected chi connectivity index (χ4v) is 1.49. The van der Waals surface area contributed by atoms with Gasteiger partial charge >= 0.3 is 0 Å². The molecule has 0 saturated carbocycles. The summed E-state index contributed by atoms with van der Waals surface area (Å²) >= 11 is 0. The second-order valence-corrected chi connectivity index (χ2v) is 3.42. The Hall–Kier alpha value is -1.19. The highest BCUT2D eigenvalue weighted by Crippen LogP contribution is 2.21. The van der Waals surface area contributed by atoms with Gasteiger partial charge in [0.2, 0.25) is 11.8 Å². The number of amides is 2. The maximum Gasteiger partial charge on any atom is 0.233 e. The summed E-state index contributed by atoms with van der Waals surface area (Å²) in [7, 11) is 0. The van der Waals surface area contributed by atoms with Gasteiger partial charge in [0.15, 0.2) is 5.78 Å². The van der Waals surface area contributed by atoms with E-state index in [2.05, 4.69) is 0 Å². The molecular formula is C10H15NO3. The molecule has 1 atom stereocenters. The number of carbonyl (C=O) groups excluding carboxylic acids is 3. The van der Waals surface area contributed by atoms with Crippen LogP contribution >= 0.6 is 0 Å². The zero-order valence-electron chi connectivity index (χ0n) is 9.28. The molecule has 1 heterocycles. The van der Waals surface area contributed by atoms with Crippen LogP contribution in [0.3, 0.4) is 0 Å². The van der Waals surface area contributed by atoms with Gasteiger partial charge in [0.05, 0.1) is 6.54 Å². The summed E-state index contributed by atoms with van der Waals surface area (Å²) in [6.07, 6.45) is 0.963. The van der Waals surface area contributed by atoms with Crippen molar-refractivity contribution in [1.29, 1.82) is 0 Å². The number of hydrogen-bond donors (Lipinski definition) is 0. The number of imide groups is 1. The van der Waals surface area contributed by atoms with E-state index in [0.717, 1.165) is 4.90 Å². The van der Waals surface area contributed by atoms with Crippen LogP contribution < -0.4 is 0 Å². The molecule has 2 amide bonds. The Bertz CT molecular complexity index is 290. The van der Waals surface area contributed by atoms with Gasteiger partial charge in [-0.3, -0.25) is 19.3 Å². The van der Waals surface area contributed by atoms with Gasteiger partial charge in [-0.25, -0.2) is 0 Å². The smallest absolute Gasteiger partial charge is 0.233 e. The standard InChI is InChI=1S/C10H15NO3/c1-3-7-5-9(13)11(10(7)14)6-8(12)4-2/h7H,3-6H2,1-2H3/i2D. The molecular weight excluding hydrogens is 182 g/mol. The Balaban J connectivity index is 2.59. The van der Waals surface area contributed by atoms with E-state index in [1.165, 1.54) is 0 Å². The van der Waals surface area contributed by atoms with E-state index in [1.54, 1.807) is 0 Å². The molecule has 0 radical (unpaired) electrons. The van der Waals surface area contributed by atoms with E-state index < -0.39 is 0 Å². The van der Waals surface area contributed by atoms with Crippen molar-refractivity contribution in [2.45, 2.75) is 33.1 Å². The second kappa shape index (κ2) is 4.35. The van der Waals surface area contributed by atoms with Crippen LogP contribution in [0.15, 0.2) is 0 Å². The highest BCUT2D eigenvalue weighted by molar-refractivity contribution is 6.06. The molecule has 1 fully saturated rings. The third kappa shape index (κ3) is 2.00. The lowest BCUT2D eigenvalue weighted by Gasteiger charge is -2.12. The number of ketones is 1. The molecule has 0 bridgehead atoms. The molecule has 0 spiro atoms. The molecule has 4 heteroatoms. The summed E-state index contributed by atoms with van der Waals surface area (Å²) in [5.41, 5.74) is 0. The normalized spacial score (nSPS) is 22.8. The quantitative estimate of drug-likeness (QED) is 0.626. The first-order valence-electron chi connectivity index (χ1n) is 5.46. The molecule has 1 saturated heterocycles. The molecule has 0 N–H and O–H groups in total. The van der Waals surface area contributed by atoms with E-state index >= 15 is 0 Å². The third-order valence-corrected chi connectivity index (χ3v) is 2.44. The van der Waals surface area contributed by atoms with Crippen LogP contribution in [0.25, 0.3) is 0 Å². The molecule has 1 rings (SSSR count). The molecule has 78 valence electrons. The van der Waals surface area contributed by atoms with Crippen molar-refractivity contribution in [3.05, 3.63) is 0 Å². The summed E-state index contributed by atoms with van der Waals surface area (Å²) in [6, 6.07) is 0. The first kappa shape index (κ1) is 9.37. The van der Waals surface area contributed by atoms with Crippen LogP contribution in [0.2, 0.25) is 0 Å². The van der Waals surface area contributed by atoms with E-state index in [1.807, 2.05) is 6.92 Å². The Kier molecular flexibility index (Phi) is 2.91. The van der Waals surface area contributed by atoms with Crippen LogP contribution in [0.1, 0.15) is 34.5 Å². The fourth-order valence-electron chi connectivity index (χ4n) is 1.49. The van der Waals surface area contributed by atoms with Gasteiger partial charge in [-0.2, -0.15) is 0 Å². The molecule has 1 aliphatic rings.